The van der Waals surface area contributed by atoms with Gasteiger partial charge in [-0.25, -0.2) is 13.8 Å². The number of pyridine rings is 1. The normalized spacial score (nSPS) is 19.4. The van der Waals surface area contributed by atoms with Crippen molar-refractivity contribution in [3.63, 3.8) is 0 Å². The minimum atomic E-state index is -2.86. The topological polar surface area (TPSA) is 66.1 Å². The van der Waals surface area contributed by atoms with Crippen LogP contribution in [-0.2, 0) is 9.59 Å². The Morgan fingerprint density at radius 3 is 2.74 bits per heavy atom. The zero-order valence-corrected chi connectivity index (χ0v) is 17.6. The van der Waals surface area contributed by atoms with E-state index >= 15 is 0 Å². The van der Waals surface area contributed by atoms with Crippen LogP contribution in [-0.4, -0.2) is 39.0 Å². The molecule has 1 amide bonds. The lowest BCUT2D eigenvalue weighted by Gasteiger charge is -2.41. The summed E-state index contributed by atoms with van der Waals surface area (Å²) in [5.74, 6) is -3.77. The number of rotatable bonds is 5. The maximum absolute atomic E-state index is 14.4. The summed E-state index contributed by atoms with van der Waals surface area (Å²) in [5, 5.41) is 0.813. The first kappa shape index (κ1) is 21.2. The predicted octanol–water partition coefficient (Wildman–Crippen LogP) is 4.99. The van der Waals surface area contributed by atoms with E-state index in [0.717, 1.165) is 10.9 Å². The minimum Gasteiger partial charge on any atom is -0.346 e. The lowest BCUT2D eigenvalue weighted by atomic mass is 9.80. The van der Waals surface area contributed by atoms with E-state index < -0.39 is 24.3 Å². The summed E-state index contributed by atoms with van der Waals surface area (Å²) in [4.78, 5) is 34.4. The molecule has 0 radical (unpaired) electrons. The van der Waals surface area contributed by atoms with Gasteiger partial charge in [0, 0.05) is 43.6 Å². The van der Waals surface area contributed by atoms with Crippen molar-refractivity contribution in [2.45, 2.75) is 51.0 Å². The van der Waals surface area contributed by atoms with Crippen LogP contribution in [0.1, 0.15) is 61.8 Å². The monoisotopic (exact) mass is 425 g/mol. The van der Waals surface area contributed by atoms with E-state index in [2.05, 4.69) is 9.97 Å². The molecule has 3 aromatic rings. The quantitative estimate of drug-likeness (QED) is 0.626. The number of amides is 1. The molecule has 7 heteroatoms. The van der Waals surface area contributed by atoms with Gasteiger partial charge in [0.05, 0.1) is 12.0 Å². The van der Waals surface area contributed by atoms with Crippen molar-refractivity contribution in [2.75, 3.05) is 6.54 Å². The van der Waals surface area contributed by atoms with Crippen LogP contribution in [0.2, 0.25) is 0 Å². The summed E-state index contributed by atoms with van der Waals surface area (Å²) >= 11 is 0. The van der Waals surface area contributed by atoms with Crippen LogP contribution in [0.4, 0.5) is 8.78 Å². The highest BCUT2D eigenvalue weighted by Gasteiger charge is 2.43. The van der Waals surface area contributed by atoms with Gasteiger partial charge >= 0.3 is 0 Å². The fourth-order valence-electron chi connectivity index (χ4n) is 4.63. The minimum absolute atomic E-state index is 0.000720. The van der Waals surface area contributed by atoms with Gasteiger partial charge < -0.3 is 9.88 Å². The van der Waals surface area contributed by atoms with Gasteiger partial charge in [0.15, 0.2) is 0 Å². The Morgan fingerprint density at radius 1 is 1.23 bits per heavy atom. The van der Waals surface area contributed by atoms with Crippen LogP contribution in [0.25, 0.3) is 11.0 Å². The Balaban J connectivity index is 1.87. The molecule has 1 fully saturated rings. The number of carbonyl (C=O) groups excluding carboxylic acids is 2. The summed E-state index contributed by atoms with van der Waals surface area (Å²) in [5.41, 5.74) is 2.68. The molecular formula is C24H25F2N3O2. The number of benzene rings is 1. The number of hydrogen-bond donors (Lipinski definition) is 1. The highest BCUT2D eigenvalue weighted by atomic mass is 19.3. The molecule has 1 aromatic carbocycles. The van der Waals surface area contributed by atoms with E-state index in [4.69, 9.17) is 0 Å². The number of likely N-dealkylation sites (tertiary alicyclic amines) is 1. The van der Waals surface area contributed by atoms with E-state index in [9.17, 15) is 18.4 Å². The molecule has 4 rings (SSSR count). The molecule has 0 bridgehead atoms. The molecule has 1 N–H and O–H groups in total. The fourth-order valence-corrected chi connectivity index (χ4v) is 4.63. The third-order valence-electron chi connectivity index (χ3n) is 6.09. The van der Waals surface area contributed by atoms with E-state index in [-0.39, 0.29) is 31.1 Å². The van der Waals surface area contributed by atoms with E-state index in [0.29, 0.717) is 16.8 Å². The Bertz CT molecular complexity index is 1120. The Hall–Kier alpha value is -3.09. The van der Waals surface area contributed by atoms with Crippen LogP contribution in [0.5, 0.6) is 0 Å². The number of H-pyrrole nitrogens is 1. The van der Waals surface area contributed by atoms with Crippen molar-refractivity contribution in [3.8, 4) is 0 Å². The van der Waals surface area contributed by atoms with Gasteiger partial charge in [-0.1, -0.05) is 31.2 Å². The molecule has 1 saturated heterocycles. The van der Waals surface area contributed by atoms with Gasteiger partial charge in [-0.3, -0.25) is 9.59 Å². The van der Waals surface area contributed by atoms with Gasteiger partial charge in [0.2, 0.25) is 5.91 Å². The molecule has 2 aromatic heterocycles. The summed E-state index contributed by atoms with van der Waals surface area (Å²) in [7, 11) is 0. The van der Waals surface area contributed by atoms with Crippen molar-refractivity contribution >= 4 is 22.7 Å². The number of aromatic nitrogens is 2. The lowest BCUT2D eigenvalue weighted by Crippen LogP contribution is -2.45. The van der Waals surface area contributed by atoms with Gasteiger partial charge in [-0.2, -0.15) is 0 Å². The average molecular weight is 425 g/mol. The van der Waals surface area contributed by atoms with E-state index in [1.54, 1.807) is 48.5 Å². The molecule has 162 valence electrons. The number of Topliss-reactive ketones (excluding diaryl/α,β-unsaturated/α-hetero) is 1. The second-order valence-electron chi connectivity index (χ2n) is 8.08. The first-order valence-electron chi connectivity index (χ1n) is 10.5. The van der Waals surface area contributed by atoms with Gasteiger partial charge in [-0.15, -0.1) is 0 Å². The van der Waals surface area contributed by atoms with Crippen molar-refractivity contribution in [1.82, 2.24) is 14.9 Å². The van der Waals surface area contributed by atoms with Crippen LogP contribution in [0.3, 0.4) is 0 Å². The van der Waals surface area contributed by atoms with E-state index in [1.165, 1.54) is 6.92 Å². The zero-order chi connectivity index (χ0) is 22.2. The maximum Gasteiger partial charge on any atom is 0.252 e. The lowest BCUT2D eigenvalue weighted by molar-refractivity contribution is -0.143. The number of fused-ring (bicyclic) bond motifs is 1. The Labute approximate surface area is 179 Å². The second kappa shape index (κ2) is 8.21. The third kappa shape index (κ3) is 3.96. The number of piperidine rings is 1. The largest absolute Gasteiger partial charge is 0.346 e. The van der Waals surface area contributed by atoms with Crippen LogP contribution >= 0.6 is 0 Å². The van der Waals surface area contributed by atoms with Gasteiger partial charge in [-0.05, 0) is 35.7 Å². The molecule has 0 aliphatic carbocycles. The number of halogens is 2. The van der Waals surface area contributed by atoms with E-state index in [1.807, 2.05) is 12.1 Å². The Kier molecular flexibility index (Phi) is 5.60. The van der Waals surface area contributed by atoms with Crippen molar-refractivity contribution in [1.29, 1.82) is 0 Å². The fraction of sp³-hybridized carbons (Fsp3) is 0.375. The molecule has 2 atom stereocenters. The second-order valence-corrected chi connectivity index (χ2v) is 8.08. The highest BCUT2D eigenvalue weighted by molar-refractivity contribution is 5.93. The molecule has 5 nitrogen and oxygen atoms in total. The first-order chi connectivity index (χ1) is 14.8. The van der Waals surface area contributed by atoms with Crippen LogP contribution in [0, 0.1) is 0 Å². The summed E-state index contributed by atoms with van der Waals surface area (Å²) < 4.78 is 28.9. The van der Waals surface area contributed by atoms with Gasteiger partial charge in [0.1, 0.15) is 11.4 Å². The zero-order valence-electron chi connectivity index (χ0n) is 17.6. The molecule has 3 heterocycles. The van der Waals surface area contributed by atoms with Crippen molar-refractivity contribution in [2.24, 2.45) is 0 Å². The molecule has 2 unspecified atom stereocenters. The molecule has 0 saturated carbocycles. The summed E-state index contributed by atoms with van der Waals surface area (Å²) in [6.45, 7) is 3.24. The number of nitrogens with one attached hydrogen (secondary N) is 1. The molecule has 0 spiro atoms. The predicted molar refractivity (Wildman–Crippen MR) is 114 cm³/mol. The average Bonchev–Trinajstić information content (AvgIpc) is 3.23. The van der Waals surface area contributed by atoms with Gasteiger partial charge in [0.25, 0.3) is 5.92 Å². The number of nitrogens with zero attached hydrogens (tertiary/aromatic N) is 2. The third-order valence-corrected chi connectivity index (χ3v) is 6.09. The smallest absolute Gasteiger partial charge is 0.252 e. The molecule has 31 heavy (non-hydrogen) atoms. The number of alkyl halides is 2. The molecular weight excluding hydrogens is 400 g/mol. The molecule has 1 aliphatic heterocycles. The number of ketones is 1. The molecule has 1 aliphatic rings. The summed E-state index contributed by atoms with van der Waals surface area (Å²) in [6.07, 6.45) is 2.84. The standard InChI is InChI=1S/C24H25F2N3O2/c1-3-21(31)29-13-10-24(25,26)14-20(29)16-6-4-5-7-17(16)22(15(2)30)18-8-11-27-23-19(18)9-12-28-23/h4-9,11-12,20,22H,3,10,13-14H2,1-2H3,(H,27,28). The number of hydrogen-bond acceptors (Lipinski definition) is 3. The Morgan fingerprint density at radius 2 is 2.00 bits per heavy atom. The van der Waals surface area contributed by atoms with Crippen LogP contribution < -0.4 is 0 Å². The number of aromatic amines is 1. The first-order valence-corrected chi connectivity index (χ1v) is 10.5. The van der Waals surface area contributed by atoms with Crippen molar-refractivity contribution in [3.05, 3.63) is 65.5 Å². The summed E-state index contributed by atoms with van der Waals surface area (Å²) in [6, 6.07) is 10.0. The number of carbonyl (C=O) groups is 2. The SMILES string of the molecule is CCC(=O)N1CCC(F)(F)CC1c1ccccc1C(C(C)=O)c1ccnc2[nH]ccc12. The van der Waals surface area contributed by atoms with Crippen molar-refractivity contribution < 1.29 is 18.4 Å². The van der Waals surface area contributed by atoms with Crippen LogP contribution in [0.15, 0.2) is 48.8 Å². The maximum atomic E-state index is 14.4. The highest BCUT2D eigenvalue weighted by Crippen LogP contribution is 2.43.